The van der Waals surface area contributed by atoms with E-state index < -0.39 is 15.8 Å². The molecule has 1 heterocycles. The Hall–Kier alpha value is -2.61. The molecular weight excluding hydrogens is 405 g/mol. The quantitative estimate of drug-likeness (QED) is 0.585. The van der Waals surface area contributed by atoms with Gasteiger partial charge in [-0.25, -0.2) is 12.8 Å². The standard InChI is InChI=1S/C22H28FN3O3S/c1-30(28,29)26(21-11-5-3-9-19(21)23)16-6-12-22(27)24-14-7-15-25-17-13-18-8-2-4-10-20(18)25/h2-5,8-11H,6-7,12-17H2,1H3,(H,24,27). The maximum Gasteiger partial charge on any atom is 0.232 e. The Labute approximate surface area is 177 Å². The third-order valence-corrected chi connectivity index (χ3v) is 6.38. The molecule has 0 saturated carbocycles. The molecule has 2 aromatic rings. The van der Waals surface area contributed by atoms with E-state index in [1.54, 1.807) is 6.07 Å². The number of anilines is 2. The van der Waals surface area contributed by atoms with Crippen molar-refractivity contribution in [3.8, 4) is 0 Å². The number of halogens is 1. The van der Waals surface area contributed by atoms with Crippen LogP contribution < -0.4 is 14.5 Å². The molecule has 6 nitrogen and oxygen atoms in total. The summed E-state index contributed by atoms with van der Waals surface area (Å²) in [5.74, 6) is -0.727. The summed E-state index contributed by atoms with van der Waals surface area (Å²) in [4.78, 5) is 14.4. The molecule has 2 aromatic carbocycles. The fourth-order valence-corrected chi connectivity index (χ4v) is 4.69. The summed E-state index contributed by atoms with van der Waals surface area (Å²) in [6.45, 7) is 2.51. The van der Waals surface area contributed by atoms with Crippen molar-refractivity contribution in [3.05, 3.63) is 59.9 Å². The second-order valence-electron chi connectivity index (χ2n) is 7.46. The van der Waals surface area contributed by atoms with E-state index in [1.807, 2.05) is 6.07 Å². The van der Waals surface area contributed by atoms with Gasteiger partial charge in [0.05, 0.1) is 11.9 Å². The number of nitrogens with zero attached hydrogens (tertiary/aromatic N) is 2. The Kier molecular flexibility index (Phi) is 7.31. The zero-order chi connectivity index (χ0) is 21.6. The van der Waals surface area contributed by atoms with Gasteiger partial charge in [-0.2, -0.15) is 0 Å². The molecule has 0 aromatic heterocycles. The van der Waals surface area contributed by atoms with Crippen LogP contribution in [0, 0.1) is 5.82 Å². The summed E-state index contributed by atoms with van der Waals surface area (Å²) in [5, 5.41) is 2.89. The van der Waals surface area contributed by atoms with Crippen molar-refractivity contribution in [1.29, 1.82) is 0 Å². The lowest BCUT2D eigenvalue weighted by atomic mass is 10.2. The fraction of sp³-hybridized carbons (Fsp3) is 0.409. The van der Waals surface area contributed by atoms with Crippen molar-refractivity contribution in [1.82, 2.24) is 5.32 Å². The van der Waals surface area contributed by atoms with Crippen LogP contribution in [0.2, 0.25) is 0 Å². The van der Waals surface area contributed by atoms with Crippen LogP contribution >= 0.6 is 0 Å². The molecule has 8 heteroatoms. The Balaban J connectivity index is 1.40. The van der Waals surface area contributed by atoms with E-state index in [0.29, 0.717) is 13.0 Å². The predicted molar refractivity (Wildman–Crippen MR) is 118 cm³/mol. The molecule has 0 atom stereocenters. The molecule has 0 saturated heterocycles. The lowest BCUT2D eigenvalue weighted by Crippen LogP contribution is -2.33. The Morgan fingerprint density at radius 2 is 1.87 bits per heavy atom. The fourth-order valence-electron chi connectivity index (χ4n) is 3.73. The molecule has 0 radical (unpaired) electrons. The number of sulfonamides is 1. The zero-order valence-corrected chi connectivity index (χ0v) is 18.0. The molecule has 162 valence electrons. The number of hydrogen-bond donors (Lipinski definition) is 1. The van der Waals surface area contributed by atoms with Gasteiger partial charge >= 0.3 is 0 Å². The molecule has 1 aliphatic rings. The molecule has 3 rings (SSSR count). The van der Waals surface area contributed by atoms with Gasteiger partial charge in [0.1, 0.15) is 5.82 Å². The first-order valence-electron chi connectivity index (χ1n) is 10.2. The second-order valence-corrected chi connectivity index (χ2v) is 9.37. The third-order valence-electron chi connectivity index (χ3n) is 5.20. The topological polar surface area (TPSA) is 69.7 Å². The molecule has 0 unspecified atom stereocenters. The lowest BCUT2D eigenvalue weighted by molar-refractivity contribution is -0.121. The Morgan fingerprint density at radius 3 is 2.63 bits per heavy atom. The summed E-state index contributed by atoms with van der Waals surface area (Å²) < 4.78 is 39.1. The van der Waals surface area contributed by atoms with Gasteiger partial charge in [0.25, 0.3) is 0 Å². The first-order chi connectivity index (χ1) is 14.4. The van der Waals surface area contributed by atoms with Gasteiger partial charge < -0.3 is 10.2 Å². The third kappa shape index (κ3) is 5.72. The van der Waals surface area contributed by atoms with E-state index >= 15 is 0 Å². The SMILES string of the molecule is CS(=O)(=O)N(CCCC(=O)NCCCN1CCc2ccccc21)c1ccccc1F. The van der Waals surface area contributed by atoms with Gasteiger partial charge in [-0.05, 0) is 43.0 Å². The average Bonchev–Trinajstić information content (AvgIpc) is 3.12. The number of nitrogens with one attached hydrogen (secondary N) is 1. The highest BCUT2D eigenvalue weighted by Crippen LogP contribution is 2.27. The number of para-hydroxylation sites is 2. The number of hydrogen-bond acceptors (Lipinski definition) is 4. The number of carbonyl (C=O) groups is 1. The molecule has 0 spiro atoms. The van der Waals surface area contributed by atoms with Crippen LogP contribution in [0.15, 0.2) is 48.5 Å². The van der Waals surface area contributed by atoms with Crippen molar-refractivity contribution >= 4 is 27.3 Å². The van der Waals surface area contributed by atoms with Crippen LogP contribution in [0.3, 0.4) is 0 Å². The minimum atomic E-state index is -3.64. The van der Waals surface area contributed by atoms with E-state index in [0.717, 1.165) is 36.5 Å². The number of fused-ring (bicyclic) bond motifs is 1. The molecule has 0 aliphatic carbocycles. The Morgan fingerprint density at radius 1 is 1.13 bits per heavy atom. The van der Waals surface area contributed by atoms with Gasteiger partial charge in [0.2, 0.25) is 15.9 Å². The van der Waals surface area contributed by atoms with Crippen LogP contribution in [0.5, 0.6) is 0 Å². The van der Waals surface area contributed by atoms with Gasteiger partial charge in [-0.1, -0.05) is 30.3 Å². The van der Waals surface area contributed by atoms with Crippen molar-refractivity contribution < 1.29 is 17.6 Å². The molecule has 1 aliphatic heterocycles. The van der Waals surface area contributed by atoms with Crippen molar-refractivity contribution in [2.45, 2.75) is 25.7 Å². The summed E-state index contributed by atoms with van der Waals surface area (Å²) in [5.41, 5.74) is 2.65. The molecular formula is C22H28FN3O3S. The van der Waals surface area contributed by atoms with Crippen molar-refractivity contribution in [2.24, 2.45) is 0 Å². The van der Waals surface area contributed by atoms with E-state index in [1.165, 1.54) is 29.4 Å². The minimum Gasteiger partial charge on any atom is -0.371 e. The first-order valence-corrected chi connectivity index (χ1v) is 12.0. The predicted octanol–water partition coefficient (Wildman–Crippen LogP) is 2.94. The van der Waals surface area contributed by atoms with E-state index in [2.05, 4.69) is 28.4 Å². The summed E-state index contributed by atoms with van der Waals surface area (Å²) in [7, 11) is -3.64. The monoisotopic (exact) mass is 433 g/mol. The summed E-state index contributed by atoms with van der Waals surface area (Å²) >= 11 is 0. The molecule has 1 N–H and O–H groups in total. The number of amides is 1. The second kappa shape index (κ2) is 9.93. The lowest BCUT2D eigenvalue weighted by Gasteiger charge is -2.22. The van der Waals surface area contributed by atoms with Gasteiger partial charge in [-0.3, -0.25) is 9.10 Å². The van der Waals surface area contributed by atoms with E-state index in [9.17, 15) is 17.6 Å². The highest BCUT2D eigenvalue weighted by molar-refractivity contribution is 7.92. The van der Waals surface area contributed by atoms with Gasteiger partial charge in [0, 0.05) is 38.3 Å². The Bertz CT molecular complexity index is 981. The molecule has 30 heavy (non-hydrogen) atoms. The maximum absolute atomic E-state index is 14.0. The van der Waals surface area contributed by atoms with Gasteiger partial charge in [0.15, 0.2) is 0 Å². The van der Waals surface area contributed by atoms with Crippen LogP contribution in [-0.4, -0.2) is 46.8 Å². The normalized spacial score (nSPS) is 13.2. The van der Waals surface area contributed by atoms with E-state index in [4.69, 9.17) is 0 Å². The van der Waals surface area contributed by atoms with Crippen LogP contribution in [-0.2, 0) is 21.2 Å². The van der Waals surface area contributed by atoms with Gasteiger partial charge in [-0.15, -0.1) is 0 Å². The van der Waals surface area contributed by atoms with Crippen molar-refractivity contribution in [2.75, 3.05) is 41.6 Å². The molecule has 0 bridgehead atoms. The first kappa shape index (κ1) is 22.1. The highest BCUT2D eigenvalue weighted by Gasteiger charge is 2.20. The number of carbonyl (C=O) groups excluding carboxylic acids is 1. The molecule has 1 amide bonds. The highest BCUT2D eigenvalue weighted by atomic mass is 32.2. The smallest absolute Gasteiger partial charge is 0.232 e. The number of benzene rings is 2. The average molecular weight is 434 g/mol. The van der Waals surface area contributed by atoms with Crippen molar-refractivity contribution in [3.63, 3.8) is 0 Å². The maximum atomic E-state index is 14.0. The van der Waals surface area contributed by atoms with Crippen LogP contribution in [0.25, 0.3) is 0 Å². The van der Waals surface area contributed by atoms with E-state index in [-0.39, 0.29) is 24.6 Å². The van der Waals surface area contributed by atoms with Crippen LogP contribution in [0.4, 0.5) is 15.8 Å². The minimum absolute atomic E-state index is 0.00584. The van der Waals surface area contributed by atoms with Crippen LogP contribution in [0.1, 0.15) is 24.8 Å². The number of rotatable bonds is 10. The largest absolute Gasteiger partial charge is 0.371 e. The zero-order valence-electron chi connectivity index (χ0n) is 17.2. The summed E-state index contributed by atoms with van der Waals surface area (Å²) in [6.07, 6.45) is 3.43. The summed E-state index contributed by atoms with van der Waals surface area (Å²) in [6, 6.07) is 14.1. The molecule has 0 fully saturated rings.